The van der Waals surface area contributed by atoms with Crippen LogP contribution in [0.25, 0.3) is 10.6 Å². The van der Waals surface area contributed by atoms with Crippen LogP contribution in [0.2, 0.25) is 0 Å². The first-order valence-electron chi connectivity index (χ1n) is 6.62. The molecule has 0 aliphatic carbocycles. The van der Waals surface area contributed by atoms with E-state index in [0.29, 0.717) is 0 Å². The number of halogens is 2. The number of alkyl halides is 2. The summed E-state index contributed by atoms with van der Waals surface area (Å²) in [5, 5.41) is 4.14. The molecule has 0 amide bonds. The molecular weight excluding hydrogens is 278 g/mol. The fraction of sp³-hybridized carbons (Fsp3) is 0.400. The van der Waals surface area contributed by atoms with Crippen molar-refractivity contribution >= 4 is 11.3 Å². The van der Waals surface area contributed by atoms with Crippen LogP contribution in [-0.2, 0) is 0 Å². The van der Waals surface area contributed by atoms with Crippen LogP contribution in [0.4, 0.5) is 8.78 Å². The van der Waals surface area contributed by atoms with Crippen molar-refractivity contribution in [1.82, 2.24) is 10.3 Å². The number of thiazole rings is 1. The molecule has 1 heterocycles. The molecule has 0 aliphatic heterocycles. The van der Waals surface area contributed by atoms with Gasteiger partial charge in [-0.3, -0.25) is 0 Å². The molecule has 1 atom stereocenters. The van der Waals surface area contributed by atoms with E-state index in [9.17, 15) is 8.78 Å². The molecule has 2 aromatic rings. The summed E-state index contributed by atoms with van der Waals surface area (Å²) in [5.74, 6) is 0. The third kappa shape index (κ3) is 3.22. The predicted molar refractivity (Wildman–Crippen MR) is 79.3 cm³/mol. The first-order chi connectivity index (χ1) is 9.52. The Bertz CT molecular complexity index is 581. The molecule has 0 saturated heterocycles. The highest BCUT2D eigenvalue weighted by molar-refractivity contribution is 7.15. The second-order valence-corrected chi connectivity index (χ2v) is 5.70. The van der Waals surface area contributed by atoms with E-state index in [4.69, 9.17) is 0 Å². The topological polar surface area (TPSA) is 24.9 Å². The lowest BCUT2D eigenvalue weighted by atomic mass is 10.1. The highest BCUT2D eigenvalue weighted by Crippen LogP contribution is 2.33. The average molecular weight is 296 g/mol. The summed E-state index contributed by atoms with van der Waals surface area (Å²) in [7, 11) is 0. The van der Waals surface area contributed by atoms with Crippen molar-refractivity contribution < 1.29 is 8.78 Å². The van der Waals surface area contributed by atoms with E-state index in [-0.39, 0.29) is 11.6 Å². The maximum atomic E-state index is 12.7. The van der Waals surface area contributed by atoms with Crippen LogP contribution in [0.15, 0.2) is 24.3 Å². The van der Waals surface area contributed by atoms with Crippen LogP contribution < -0.4 is 5.32 Å². The van der Waals surface area contributed by atoms with Crippen molar-refractivity contribution in [2.75, 3.05) is 6.54 Å². The van der Waals surface area contributed by atoms with Crippen molar-refractivity contribution in [2.24, 2.45) is 0 Å². The van der Waals surface area contributed by atoms with Crippen LogP contribution in [0.3, 0.4) is 0 Å². The van der Waals surface area contributed by atoms with E-state index < -0.39 is 6.43 Å². The molecule has 0 fully saturated rings. The maximum Gasteiger partial charge on any atom is 0.263 e. The van der Waals surface area contributed by atoms with E-state index in [1.54, 1.807) is 17.4 Å². The average Bonchev–Trinajstić information content (AvgIpc) is 2.81. The van der Waals surface area contributed by atoms with Gasteiger partial charge in [-0.1, -0.05) is 25.1 Å². The lowest BCUT2D eigenvalue weighted by Gasteiger charge is -2.09. The van der Waals surface area contributed by atoms with Gasteiger partial charge in [0.05, 0.1) is 5.69 Å². The molecule has 1 aromatic heterocycles. The molecule has 108 valence electrons. The first-order valence-corrected chi connectivity index (χ1v) is 7.43. The van der Waals surface area contributed by atoms with E-state index in [0.717, 1.165) is 27.7 Å². The number of aryl methyl sites for hydroxylation is 1. The Labute approximate surface area is 121 Å². The third-order valence-corrected chi connectivity index (χ3v) is 4.51. The monoisotopic (exact) mass is 296 g/mol. The van der Waals surface area contributed by atoms with Gasteiger partial charge in [0.2, 0.25) is 0 Å². The van der Waals surface area contributed by atoms with E-state index in [1.165, 1.54) is 12.1 Å². The van der Waals surface area contributed by atoms with Gasteiger partial charge in [-0.25, -0.2) is 13.8 Å². The first kappa shape index (κ1) is 15.1. The lowest BCUT2D eigenvalue weighted by Crippen LogP contribution is -2.17. The van der Waals surface area contributed by atoms with Crippen LogP contribution in [0.5, 0.6) is 0 Å². The highest BCUT2D eigenvalue weighted by Gasteiger charge is 2.15. The molecule has 20 heavy (non-hydrogen) atoms. The quantitative estimate of drug-likeness (QED) is 0.863. The van der Waals surface area contributed by atoms with Gasteiger partial charge in [0.15, 0.2) is 0 Å². The van der Waals surface area contributed by atoms with E-state index in [2.05, 4.69) is 24.1 Å². The zero-order chi connectivity index (χ0) is 14.7. The molecule has 0 bridgehead atoms. The minimum absolute atomic E-state index is 0.0386. The summed E-state index contributed by atoms with van der Waals surface area (Å²) in [6.07, 6.45) is -2.45. The number of aromatic nitrogens is 1. The summed E-state index contributed by atoms with van der Waals surface area (Å²) < 4.78 is 25.5. The molecule has 1 N–H and O–H groups in total. The molecule has 1 unspecified atom stereocenters. The Morgan fingerprint density at radius 3 is 2.75 bits per heavy atom. The Balaban J connectivity index is 2.34. The fourth-order valence-corrected chi connectivity index (χ4v) is 3.23. The number of nitrogens with zero attached hydrogens (tertiary/aromatic N) is 1. The summed E-state index contributed by atoms with van der Waals surface area (Å²) in [6.45, 7) is 6.98. The smallest absolute Gasteiger partial charge is 0.263 e. The zero-order valence-electron chi connectivity index (χ0n) is 11.8. The van der Waals surface area contributed by atoms with Gasteiger partial charge < -0.3 is 5.32 Å². The molecule has 5 heteroatoms. The van der Waals surface area contributed by atoms with Crippen molar-refractivity contribution in [2.45, 2.75) is 33.2 Å². The van der Waals surface area contributed by atoms with Crippen LogP contribution in [0.1, 0.15) is 42.4 Å². The molecule has 2 rings (SSSR count). The van der Waals surface area contributed by atoms with Crippen molar-refractivity contribution in [3.8, 4) is 10.6 Å². The maximum absolute atomic E-state index is 12.7. The Morgan fingerprint density at radius 2 is 2.10 bits per heavy atom. The molecule has 0 radical (unpaired) electrons. The number of hydrogen-bond donors (Lipinski definition) is 1. The Morgan fingerprint density at radius 1 is 1.35 bits per heavy atom. The van der Waals surface area contributed by atoms with Crippen LogP contribution in [-0.4, -0.2) is 11.5 Å². The van der Waals surface area contributed by atoms with Gasteiger partial charge in [-0.2, -0.15) is 0 Å². The van der Waals surface area contributed by atoms with Crippen LogP contribution >= 0.6 is 11.3 Å². The fourth-order valence-electron chi connectivity index (χ4n) is 2.14. The number of rotatable bonds is 5. The predicted octanol–water partition coefficient (Wildman–Crippen LogP) is 4.73. The minimum Gasteiger partial charge on any atom is -0.310 e. The molecule has 0 saturated carbocycles. The second kappa shape index (κ2) is 6.41. The van der Waals surface area contributed by atoms with Crippen molar-refractivity contribution in [3.05, 3.63) is 40.4 Å². The number of hydrogen-bond acceptors (Lipinski definition) is 3. The SMILES string of the molecule is CCNC(C)c1sc(-c2cccc(C(F)F)c2)nc1C. The largest absolute Gasteiger partial charge is 0.310 e. The van der Waals surface area contributed by atoms with Gasteiger partial charge in [-0.05, 0) is 26.5 Å². The Kier molecular flexibility index (Phi) is 4.83. The number of nitrogens with one attached hydrogen (secondary N) is 1. The van der Waals surface area contributed by atoms with Crippen molar-refractivity contribution in [1.29, 1.82) is 0 Å². The Hall–Kier alpha value is -1.33. The zero-order valence-corrected chi connectivity index (χ0v) is 12.6. The summed E-state index contributed by atoms with van der Waals surface area (Å²) in [6, 6.07) is 6.67. The third-order valence-electron chi connectivity index (χ3n) is 3.12. The highest BCUT2D eigenvalue weighted by atomic mass is 32.1. The van der Waals surface area contributed by atoms with Gasteiger partial charge in [0.25, 0.3) is 6.43 Å². The minimum atomic E-state index is -2.45. The van der Waals surface area contributed by atoms with Gasteiger partial charge in [0, 0.05) is 22.0 Å². The standard InChI is InChI=1S/C15H18F2N2S/c1-4-18-9(2)13-10(3)19-15(20-13)12-7-5-6-11(8-12)14(16)17/h5-9,14,18H,4H2,1-3H3. The lowest BCUT2D eigenvalue weighted by molar-refractivity contribution is 0.151. The van der Waals surface area contributed by atoms with E-state index >= 15 is 0 Å². The normalized spacial score (nSPS) is 12.9. The molecule has 0 spiro atoms. The molecular formula is C15H18F2N2S. The second-order valence-electron chi connectivity index (χ2n) is 4.67. The van der Waals surface area contributed by atoms with Gasteiger partial charge in [0.1, 0.15) is 5.01 Å². The summed E-state index contributed by atoms with van der Waals surface area (Å²) >= 11 is 1.56. The molecule has 2 nitrogen and oxygen atoms in total. The molecule has 1 aromatic carbocycles. The van der Waals surface area contributed by atoms with E-state index in [1.807, 2.05) is 13.0 Å². The van der Waals surface area contributed by atoms with Crippen molar-refractivity contribution in [3.63, 3.8) is 0 Å². The van der Waals surface area contributed by atoms with Gasteiger partial charge >= 0.3 is 0 Å². The number of benzene rings is 1. The summed E-state index contributed by atoms with van der Waals surface area (Å²) in [4.78, 5) is 5.68. The van der Waals surface area contributed by atoms with Gasteiger partial charge in [-0.15, -0.1) is 11.3 Å². The molecule has 0 aliphatic rings. The summed E-state index contributed by atoms with van der Waals surface area (Å²) in [5.41, 5.74) is 1.75. The van der Waals surface area contributed by atoms with Crippen LogP contribution in [0, 0.1) is 6.92 Å².